The zero-order valence-corrected chi connectivity index (χ0v) is 5.79. The van der Waals surface area contributed by atoms with Crippen LogP contribution in [0, 0.1) is 0 Å². The predicted octanol–water partition coefficient (Wildman–Crippen LogP) is -0.689. The third-order valence-electron chi connectivity index (χ3n) is 1.35. The molecule has 58 valence electrons. The minimum absolute atomic E-state index is 0.0420. The van der Waals surface area contributed by atoms with Crippen molar-refractivity contribution in [1.29, 1.82) is 0 Å². The van der Waals surface area contributed by atoms with E-state index in [2.05, 4.69) is 0 Å². The number of carbonyl (C=O) groups is 1. The summed E-state index contributed by atoms with van der Waals surface area (Å²) in [5.41, 5.74) is 0. The van der Waals surface area contributed by atoms with E-state index < -0.39 is 11.6 Å². The van der Waals surface area contributed by atoms with Crippen LogP contribution in [0.25, 0.3) is 0 Å². The average molecular weight is 146 g/mol. The van der Waals surface area contributed by atoms with Gasteiger partial charge >= 0.3 is 0 Å². The summed E-state index contributed by atoms with van der Waals surface area (Å²) in [7, 11) is 0. The van der Waals surface area contributed by atoms with Crippen LogP contribution in [0.1, 0.15) is 6.92 Å². The molecule has 1 aliphatic heterocycles. The highest BCUT2D eigenvalue weighted by Gasteiger charge is 2.42. The molecule has 4 heteroatoms. The predicted molar refractivity (Wildman–Crippen MR) is 32.4 cm³/mol. The van der Waals surface area contributed by atoms with E-state index in [0.717, 1.165) is 0 Å². The van der Waals surface area contributed by atoms with Crippen LogP contribution >= 0.6 is 0 Å². The maximum absolute atomic E-state index is 10.8. The van der Waals surface area contributed by atoms with Crippen molar-refractivity contribution in [2.24, 2.45) is 0 Å². The zero-order chi connectivity index (χ0) is 7.61. The zero-order valence-electron chi connectivity index (χ0n) is 5.79. The van der Waals surface area contributed by atoms with Gasteiger partial charge in [-0.05, 0) is 6.92 Å². The number of Topliss-reactive ketones (excluding diaryl/α,β-unsaturated/α-hetero) is 1. The van der Waals surface area contributed by atoms with Crippen molar-refractivity contribution in [3.8, 4) is 0 Å². The van der Waals surface area contributed by atoms with E-state index in [1.54, 1.807) is 6.92 Å². The van der Waals surface area contributed by atoms with Crippen LogP contribution in [0.15, 0.2) is 0 Å². The summed E-state index contributed by atoms with van der Waals surface area (Å²) in [4.78, 5) is 10.8. The highest BCUT2D eigenvalue weighted by atomic mass is 16.7. The van der Waals surface area contributed by atoms with Crippen LogP contribution in [-0.2, 0) is 14.3 Å². The van der Waals surface area contributed by atoms with E-state index in [-0.39, 0.29) is 13.2 Å². The van der Waals surface area contributed by atoms with Gasteiger partial charge < -0.3 is 14.6 Å². The molecular formula is C6H10O4. The van der Waals surface area contributed by atoms with Crippen molar-refractivity contribution < 1.29 is 19.4 Å². The maximum Gasteiger partial charge on any atom is 0.253 e. The molecule has 1 heterocycles. The standard InChI is InChI=1S/C6H10O4/c1-2-10-6(8)4-9-3-5(6)7/h8H,2-4H2,1H3. The Morgan fingerprint density at radius 3 is 3.00 bits per heavy atom. The highest BCUT2D eigenvalue weighted by molar-refractivity contribution is 5.88. The summed E-state index contributed by atoms with van der Waals surface area (Å²) in [5.74, 6) is -2.05. The van der Waals surface area contributed by atoms with Gasteiger partial charge in [0.05, 0.1) is 0 Å². The van der Waals surface area contributed by atoms with Gasteiger partial charge in [-0.15, -0.1) is 0 Å². The van der Waals surface area contributed by atoms with Crippen LogP contribution in [0.2, 0.25) is 0 Å². The van der Waals surface area contributed by atoms with Crippen molar-refractivity contribution in [2.45, 2.75) is 12.7 Å². The van der Waals surface area contributed by atoms with E-state index in [1.807, 2.05) is 0 Å². The summed E-state index contributed by atoms with van der Waals surface area (Å²) in [6, 6.07) is 0. The number of hydrogen-bond acceptors (Lipinski definition) is 4. The van der Waals surface area contributed by atoms with Crippen LogP contribution in [0.4, 0.5) is 0 Å². The molecule has 1 fully saturated rings. The van der Waals surface area contributed by atoms with Gasteiger partial charge in [-0.1, -0.05) is 0 Å². The van der Waals surface area contributed by atoms with Crippen LogP contribution < -0.4 is 0 Å². The van der Waals surface area contributed by atoms with E-state index in [1.165, 1.54) is 0 Å². The molecule has 0 spiro atoms. The van der Waals surface area contributed by atoms with Gasteiger partial charge in [0.25, 0.3) is 5.79 Å². The summed E-state index contributed by atoms with van der Waals surface area (Å²) in [6.07, 6.45) is 0. The molecule has 10 heavy (non-hydrogen) atoms. The van der Waals surface area contributed by atoms with E-state index >= 15 is 0 Å². The fraction of sp³-hybridized carbons (Fsp3) is 0.833. The summed E-state index contributed by atoms with van der Waals surface area (Å²) in [5, 5.41) is 9.26. The number of ether oxygens (including phenoxy) is 2. The average Bonchev–Trinajstić information content (AvgIpc) is 2.15. The topological polar surface area (TPSA) is 55.8 Å². The Morgan fingerprint density at radius 1 is 1.90 bits per heavy atom. The van der Waals surface area contributed by atoms with E-state index in [9.17, 15) is 9.90 Å². The second-order valence-corrected chi connectivity index (χ2v) is 2.13. The quantitative estimate of drug-likeness (QED) is 0.524. The first kappa shape index (κ1) is 7.65. The number of rotatable bonds is 2. The molecule has 1 N–H and O–H groups in total. The van der Waals surface area contributed by atoms with Gasteiger partial charge in [0, 0.05) is 6.61 Å². The molecule has 1 aliphatic rings. The molecule has 0 aromatic carbocycles. The fourth-order valence-electron chi connectivity index (χ4n) is 0.836. The number of carbonyl (C=O) groups excluding carboxylic acids is 1. The number of aliphatic hydroxyl groups is 1. The Morgan fingerprint density at radius 2 is 2.60 bits per heavy atom. The Bertz CT molecular complexity index is 145. The van der Waals surface area contributed by atoms with E-state index in [0.29, 0.717) is 6.61 Å². The lowest BCUT2D eigenvalue weighted by Crippen LogP contribution is -2.40. The Balaban J connectivity index is 2.57. The molecule has 0 saturated carbocycles. The second-order valence-electron chi connectivity index (χ2n) is 2.13. The Labute approximate surface area is 58.7 Å². The molecule has 1 saturated heterocycles. The maximum atomic E-state index is 10.8. The Hall–Kier alpha value is -0.450. The molecule has 1 rings (SSSR count). The molecule has 0 amide bonds. The van der Waals surface area contributed by atoms with Crippen LogP contribution in [-0.4, -0.2) is 36.5 Å². The van der Waals surface area contributed by atoms with Gasteiger partial charge in [-0.25, -0.2) is 0 Å². The number of ketones is 1. The van der Waals surface area contributed by atoms with Crippen molar-refractivity contribution in [2.75, 3.05) is 19.8 Å². The fourth-order valence-corrected chi connectivity index (χ4v) is 0.836. The smallest absolute Gasteiger partial charge is 0.253 e. The normalized spacial score (nSPS) is 33.2. The monoisotopic (exact) mass is 146 g/mol. The van der Waals surface area contributed by atoms with Crippen molar-refractivity contribution >= 4 is 5.78 Å². The lowest BCUT2D eigenvalue weighted by Gasteiger charge is -2.17. The highest BCUT2D eigenvalue weighted by Crippen LogP contribution is 2.15. The first-order chi connectivity index (χ1) is 4.69. The summed E-state index contributed by atoms with van der Waals surface area (Å²) >= 11 is 0. The molecule has 0 aromatic heterocycles. The lowest BCUT2D eigenvalue weighted by atomic mass is 10.2. The molecule has 1 unspecified atom stereocenters. The second kappa shape index (κ2) is 2.65. The molecule has 4 nitrogen and oxygen atoms in total. The third-order valence-corrected chi connectivity index (χ3v) is 1.35. The minimum atomic E-state index is -1.66. The van der Waals surface area contributed by atoms with Crippen molar-refractivity contribution in [1.82, 2.24) is 0 Å². The molecule has 1 atom stereocenters. The van der Waals surface area contributed by atoms with Crippen molar-refractivity contribution in [3.63, 3.8) is 0 Å². The van der Waals surface area contributed by atoms with Gasteiger partial charge in [-0.3, -0.25) is 4.79 Å². The van der Waals surface area contributed by atoms with Gasteiger partial charge in [0.2, 0.25) is 5.78 Å². The van der Waals surface area contributed by atoms with Crippen molar-refractivity contribution in [3.05, 3.63) is 0 Å². The summed E-state index contributed by atoms with van der Waals surface area (Å²) in [6.45, 7) is 1.94. The largest absolute Gasteiger partial charge is 0.367 e. The first-order valence-electron chi connectivity index (χ1n) is 3.16. The van der Waals surface area contributed by atoms with E-state index in [4.69, 9.17) is 9.47 Å². The molecule has 0 bridgehead atoms. The van der Waals surface area contributed by atoms with Gasteiger partial charge in [-0.2, -0.15) is 0 Å². The molecule has 0 aliphatic carbocycles. The molecule has 0 radical (unpaired) electrons. The molecular weight excluding hydrogens is 136 g/mol. The first-order valence-corrected chi connectivity index (χ1v) is 3.16. The Kier molecular flexibility index (Phi) is 2.03. The molecule has 0 aromatic rings. The van der Waals surface area contributed by atoms with Crippen LogP contribution in [0.3, 0.4) is 0 Å². The van der Waals surface area contributed by atoms with Crippen LogP contribution in [0.5, 0.6) is 0 Å². The third kappa shape index (κ3) is 1.18. The summed E-state index contributed by atoms with van der Waals surface area (Å²) < 4.78 is 9.48. The van der Waals surface area contributed by atoms with Gasteiger partial charge in [0.15, 0.2) is 0 Å². The minimum Gasteiger partial charge on any atom is -0.367 e. The van der Waals surface area contributed by atoms with Gasteiger partial charge in [0.1, 0.15) is 13.2 Å². The lowest BCUT2D eigenvalue weighted by molar-refractivity contribution is -0.198. The SMILES string of the molecule is CCOC1(O)COCC1=O. The number of hydrogen-bond donors (Lipinski definition) is 1.